The number of rotatable bonds is 2. The molecule has 0 spiro atoms. The van der Waals surface area contributed by atoms with E-state index in [0.29, 0.717) is 5.25 Å². The highest BCUT2D eigenvalue weighted by molar-refractivity contribution is 7.99. The van der Waals surface area contributed by atoms with E-state index in [1.807, 2.05) is 11.8 Å². The van der Waals surface area contributed by atoms with Crippen molar-refractivity contribution in [1.29, 1.82) is 0 Å². The highest BCUT2D eigenvalue weighted by Gasteiger charge is 2.24. The first-order chi connectivity index (χ1) is 15.4. The summed E-state index contributed by atoms with van der Waals surface area (Å²) in [6.07, 6.45) is 0.890. The van der Waals surface area contributed by atoms with Crippen LogP contribution in [0.5, 0.6) is 0 Å². The van der Waals surface area contributed by atoms with Crippen molar-refractivity contribution in [2.75, 3.05) is 0 Å². The number of hydrogen-bond acceptors (Lipinski definition) is 2. The SMILES string of the molecule is c1ccc2c(c1)N=C(c1cccc3ccccc13)C[C@H](c1cccc3ccccc13)S2. The second-order valence-electron chi connectivity index (χ2n) is 7.93. The number of para-hydroxylation sites is 1. The summed E-state index contributed by atoms with van der Waals surface area (Å²) >= 11 is 1.93. The molecule has 6 rings (SSSR count). The zero-order chi connectivity index (χ0) is 20.6. The van der Waals surface area contributed by atoms with Crippen LogP contribution in [0.2, 0.25) is 0 Å². The Morgan fingerprint density at radius 2 is 1.26 bits per heavy atom. The number of hydrogen-bond donors (Lipinski definition) is 0. The molecule has 0 aliphatic carbocycles. The van der Waals surface area contributed by atoms with Crippen LogP contribution < -0.4 is 0 Å². The van der Waals surface area contributed by atoms with Crippen molar-refractivity contribution in [3.63, 3.8) is 0 Å². The zero-order valence-electron chi connectivity index (χ0n) is 17.0. The topological polar surface area (TPSA) is 12.4 Å². The minimum Gasteiger partial charge on any atom is -0.252 e. The van der Waals surface area contributed by atoms with Gasteiger partial charge in [-0.05, 0) is 39.2 Å². The summed E-state index contributed by atoms with van der Waals surface area (Å²) in [6, 6.07) is 39.1. The van der Waals surface area contributed by atoms with E-state index in [-0.39, 0.29) is 0 Å². The molecule has 0 amide bonds. The molecule has 0 aromatic heterocycles. The molecule has 2 heteroatoms. The molecule has 0 bridgehead atoms. The molecule has 1 heterocycles. The van der Waals surface area contributed by atoms with Gasteiger partial charge < -0.3 is 0 Å². The summed E-state index contributed by atoms with van der Waals surface area (Å²) in [4.78, 5) is 6.46. The second kappa shape index (κ2) is 7.72. The van der Waals surface area contributed by atoms with Gasteiger partial charge in [-0.2, -0.15) is 0 Å². The van der Waals surface area contributed by atoms with E-state index in [1.54, 1.807) is 0 Å². The fraction of sp³-hybridized carbons (Fsp3) is 0.0690. The van der Waals surface area contributed by atoms with E-state index in [0.717, 1.165) is 17.8 Å². The van der Waals surface area contributed by atoms with Crippen molar-refractivity contribution in [3.8, 4) is 0 Å². The predicted octanol–water partition coefficient (Wildman–Crippen LogP) is 8.35. The highest BCUT2D eigenvalue weighted by atomic mass is 32.2. The first-order valence-corrected chi connectivity index (χ1v) is 11.5. The van der Waals surface area contributed by atoms with Crippen molar-refractivity contribution in [3.05, 3.63) is 120 Å². The lowest BCUT2D eigenvalue weighted by atomic mass is 9.94. The summed E-state index contributed by atoms with van der Waals surface area (Å²) in [7, 11) is 0. The monoisotopic (exact) mass is 415 g/mol. The van der Waals surface area contributed by atoms with Crippen molar-refractivity contribution >= 4 is 44.7 Å². The molecule has 1 aliphatic rings. The molecule has 5 aromatic rings. The number of fused-ring (bicyclic) bond motifs is 3. The quantitative estimate of drug-likeness (QED) is 0.282. The van der Waals surface area contributed by atoms with E-state index in [9.17, 15) is 0 Å². The Morgan fingerprint density at radius 3 is 2.13 bits per heavy atom. The smallest absolute Gasteiger partial charge is 0.0769 e. The van der Waals surface area contributed by atoms with Crippen molar-refractivity contribution in [2.24, 2.45) is 4.99 Å². The van der Waals surface area contributed by atoms with Crippen LogP contribution >= 0.6 is 11.8 Å². The Morgan fingerprint density at radius 1 is 0.613 bits per heavy atom. The average molecular weight is 416 g/mol. The fourth-order valence-corrected chi connectivity index (χ4v) is 5.83. The van der Waals surface area contributed by atoms with Gasteiger partial charge in [0, 0.05) is 22.1 Å². The zero-order valence-corrected chi connectivity index (χ0v) is 17.8. The molecule has 0 saturated carbocycles. The first kappa shape index (κ1) is 18.4. The van der Waals surface area contributed by atoms with Gasteiger partial charge in [0.25, 0.3) is 0 Å². The minimum absolute atomic E-state index is 0.299. The Bertz CT molecular complexity index is 1440. The third-order valence-corrected chi connectivity index (χ3v) is 7.34. The Kier molecular flexibility index (Phi) is 4.58. The average Bonchev–Trinajstić information content (AvgIpc) is 3.03. The van der Waals surface area contributed by atoms with Gasteiger partial charge >= 0.3 is 0 Å². The third-order valence-electron chi connectivity index (χ3n) is 6.04. The van der Waals surface area contributed by atoms with Crippen LogP contribution in [0.25, 0.3) is 21.5 Å². The summed E-state index contributed by atoms with van der Waals surface area (Å²) in [5, 5.41) is 5.45. The van der Waals surface area contributed by atoms with Crippen LogP contribution in [0.15, 0.2) is 119 Å². The number of nitrogens with zero attached hydrogens (tertiary/aromatic N) is 1. The van der Waals surface area contributed by atoms with Crippen LogP contribution in [0.3, 0.4) is 0 Å². The minimum atomic E-state index is 0.299. The van der Waals surface area contributed by atoms with E-state index >= 15 is 0 Å². The molecule has 1 aliphatic heterocycles. The molecule has 31 heavy (non-hydrogen) atoms. The molecule has 5 aromatic carbocycles. The number of aliphatic imine (C=N–C) groups is 1. The van der Waals surface area contributed by atoms with Crippen LogP contribution in [-0.4, -0.2) is 5.71 Å². The largest absolute Gasteiger partial charge is 0.252 e. The Labute approximate surface area is 186 Å². The van der Waals surface area contributed by atoms with Crippen LogP contribution in [0, 0.1) is 0 Å². The predicted molar refractivity (Wildman–Crippen MR) is 134 cm³/mol. The third kappa shape index (κ3) is 3.34. The maximum atomic E-state index is 5.21. The molecule has 0 saturated heterocycles. The molecule has 0 fully saturated rings. The van der Waals surface area contributed by atoms with E-state index < -0.39 is 0 Å². The van der Waals surface area contributed by atoms with Crippen molar-refractivity contribution < 1.29 is 0 Å². The lowest BCUT2D eigenvalue weighted by molar-refractivity contribution is 1.02. The number of thioether (sulfide) groups is 1. The lowest BCUT2D eigenvalue weighted by Crippen LogP contribution is -2.06. The molecule has 0 radical (unpaired) electrons. The van der Waals surface area contributed by atoms with Gasteiger partial charge in [-0.25, -0.2) is 0 Å². The molecule has 0 N–H and O–H groups in total. The summed E-state index contributed by atoms with van der Waals surface area (Å²) in [6.45, 7) is 0. The van der Waals surface area contributed by atoms with Gasteiger partial charge in [0.05, 0.1) is 11.4 Å². The summed E-state index contributed by atoms with van der Waals surface area (Å²) in [5.41, 5.74) is 4.85. The van der Waals surface area contributed by atoms with E-state index in [1.165, 1.54) is 37.6 Å². The van der Waals surface area contributed by atoms with Gasteiger partial charge in [-0.3, -0.25) is 4.99 Å². The molecule has 1 atom stereocenters. The van der Waals surface area contributed by atoms with Crippen LogP contribution in [-0.2, 0) is 0 Å². The normalized spacial score (nSPS) is 16.0. The lowest BCUT2D eigenvalue weighted by Gasteiger charge is -2.19. The Hall–Kier alpha value is -3.36. The molecular weight excluding hydrogens is 394 g/mol. The Balaban J connectivity index is 1.56. The van der Waals surface area contributed by atoms with Gasteiger partial charge in [-0.15, -0.1) is 11.8 Å². The molecular formula is C29H21NS. The maximum Gasteiger partial charge on any atom is 0.0769 e. The van der Waals surface area contributed by atoms with Crippen LogP contribution in [0.1, 0.15) is 22.8 Å². The maximum absolute atomic E-state index is 5.21. The van der Waals surface area contributed by atoms with E-state index in [4.69, 9.17) is 4.99 Å². The second-order valence-corrected chi connectivity index (χ2v) is 9.18. The first-order valence-electron chi connectivity index (χ1n) is 10.7. The van der Waals surface area contributed by atoms with Gasteiger partial charge in [0.2, 0.25) is 0 Å². The summed E-state index contributed by atoms with van der Waals surface area (Å²) in [5.74, 6) is 0. The summed E-state index contributed by atoms with van der Waals surface area (Å²) < 4.78 is 0. The standard InChI is InChI=1S/C29H21NS/c1-3-13-22-20(9-1)11-7-15-24(22)27-19-29(31-28-18-6-5-17-26(28)30-27)25-16-8-12-21-10-2-4-14-23(21)25/h1-18,29H,19H2/t29-/m1/s1. The highest BCUT2D eigenvalue weighted by Crippen LogP contribution is 2.47. The molecule has 0 unspecified atom stereocenters. The van der Waals surface area contributed by atoms with Gasteiger partial charge in [0.15, 0.2) is 0 Å². The van der Waals surface area contributed by atoms with E-state index in [2.05, 4.69) is 109 Å². The van der Waals surface area contributed by atoms with Gasteiger partial charge in [-0.1, -0.05) is 97.1 Å². The fourth-order valence-electron chi connectivity index (χ4n) is 4.56. The van der Waals surface area contributed by atoms with Gasteiger partial charge in [0.1, 0.15) is 0 Å². The molecule has 1 nitrogen and oxygen atoms in total. The number of benzene rings is 5. The molecule has 148 valence electrons. The van der Waals surface area contributed by atoms with Crippen molar-refractivity contribution in [1.82, 2.24) is 0 Å². The van der Waals surface area contributed by atoms with Crippen molar-refractivity contribution in [2.45, 2.75) is 16.6 Å². The van der Waals surface area contributed by atoms with Crippen LogP contribution in [0.4, 0.5) is 5.69 Å².